The van der Waals surface area contributed by atoms with E-state index >= 15 is 4.39 Å². The molecule has 1 aromatic carbocycles. The van der Waals surface area contributed by atoms with Gasteiger partial charge in [0.05, 0.1) is 17.2 Å². The van der Waals surface area contributed by atoms with Crippen molar-refractivity contribution in [3.63, 3.8) is 0 Å². The maximum atomic E-state index is 15.5. The molecule has 1 saturated heterocycles. The number of alkyl halides is 1. The van der Waals surface area contributed by atoms with Gasteiger partial charge in [-0.2, -0.15) is 5.09 Å². The Labute approximate surface area is 219 Å². The van der Waals surface area contributed by atoms with Crippen LogP contribution in [0.1, 0.15) is 33.9 Å². The van der Waals surface area contributed by atoms with Crippen LogP contribution in [-0.4, -0.2) is 57.3 Å². The summed E-state index contributed by atoms with van der Waals surface area (Å²) >= 11 is 2.96. The number of rotatable bonds is 10. The monoisotopic (exact) mass is 607 g/mol. The van der Waals surface area contributed by atoms with Crippen molar-refractivity contribution < 1.29 is 37.4 Å². The molecule has 1 aliphatic rings. The number of aromatic nitrogens is 2. The minimum atomic E-state index is -4.32. The van der Waals surface area contributed by atoms with Crippen molar-refractivity contribution in [2.75, 3.05) is 6.61 Å². The SMILES string of the molecule is CC(C)OC(=O)[C@@H](C)N[P@](=O)(OC[C@H]1O[C@@H](n2cc(Br)c(=O)[nH]c2=O)[C@](C)(F)[C@@H]1O)Oc1ccccc1. The number of nitrogens with zero attached hydrogens (tertiary/aromatic N) is 1. The lowest BCUT2D eigenvalue weighted by molar-refractivity contribution is -0.149. The molecule has 15 heteroatoms. The lowest BCUT2D eigenvalue weighted by Crippen LogP contribution is -2.44. The number of aliphatic hydroxyl groups excluding tert-OH is 1. The number of aromatic amines is 1. The van der Waals surface area contributed by atoms with Gasteiger partial charge in [-0.1, -0.05) is 18.2 Å². The minimum Gasteiger partial charge on any atom is -0.462 e. The number of H-pyrrole nitrogens is 1. The van der Waals surface area contributed by atoms with Gasteiger partial charge in [-0.3, -0.25) is 23.7 Å². The number of ether oxygens (including phenoxy) is 2. The molecular weight excluding hydrogens is 580 g/mol. The normalized spacial score (nSPS) is 26.0. The topological polar surface area (TPSA) is 158 Å². The molecule has 2 aromatic rings. The van der Waals surface area contributed by atoms with E-state index in [1.165, 1.54) is 19.1 Å². The summed E-state index contributed by atoms with van der Waals surface area (Å²) in [4.78, 5) is 38.2. The zero-order chi connectivity index (χ0) is 27.5. The van der Waals surface area contributed by atoms with Gasteiger partial charge in [0.15, 0.2) is 11.9 Å². The summed E-state index contributed by atoms with van der Waals surface area (Å²) in [5.41, 5.74) is -4.20. The molecule has 0 amide bonds. The third-order valence-corrected chi connectivity index (χ3v) is 7.54. The number of benzene rings is 1. The number of hydrogen-bond acceptors (Lipinski definition) is 9. The number of aliphatic hydroxyl groups is 1. The van der Waals surface area contributed by atoms with E-state index in [1.54, 1.807) is 32.0 Å². The van der Waals surface area contributed by atoms with Crippen LogP contribution in [0, 0.1) is 0 Å². The predicted octanol–water partition coefficient (Wildman–Crippen LogP) is 2.42. The van der Waals surface area contributed by atoms with E-state index in [4.69, 9.17) is 18.5 Å². The molecule has 1 aromatic heterocycles. The minimum absolute atomic E-state index is 0.0621. The van der Waals surface area contributed by atoms with Gasteiger partial charge in [0.2, 0.25) is 0 Å². The summed E-state index contributed by atoms with van der Waals surface area (Å²) < 4.78 is 51.5. The second-order valence-corrected chi connectivity index (χ2v) is 11.3. The highest BCUT2D eigenvalue weighted by atomic mass is 79.9. The van der Waals surface area contributed by atoms with Gasteiger partial charge in [0.1, 0.15) is 24.0 Å². The molecule has 1 fully saturated rings. The molecule has 0 spiro atoms. The Bertz CT molecular complexity index is 1270. The van der Waals surface area contributed by atoms with Crippen molar-refractivity contribution in [3.05, 3.63) is 61.8 Å². The molecule has 204 valence electrons. The molecule has 3 rings (SSSR count). The fraction of sp³-hybridized carbons (Fsp3) is 0.500. The van der Waals surface area contributed by atoms with E-state index in [-0.39, 0.29) is 10.2 Å². The Kier molecular flexibility index (Phi) is 9.14. The van der Waals surface area contributed by atoms with E-state index in [2.05, 4.69) is 21.0 Å². The first kappa shape index (κ1) is 29.2. The zero-order valence-electron chi connectivity index (χ0n) is 20.4. The molecule has 6 atom stereocenters. The van der Waals surface area contributed by atoms with Crippen LogP contribution < -0.4 is 20.9 Å². The van der Waals surface area contributed by atoms with Crippen molar-refractivity contribution in [2.24, 2.45) is 0 Å². The van der Waals surface area contributed by atoms with Crippen LogP contribution in [-0.2, 0) is 23.4 Å². The number of carbonyl (C=O) groups is 1. The Morgan fingerprint density at radius 1 is 1.32 bits per heavy atom. The average molecular weight is 608 g/mol. The molecule has 0 aliphatic carbocycles. The van der Waals surface area contributed by atoms with Crippen molar-refractivity contribution >= 4 is 29.6 Å². The Morgan fingerprint density at radius 3 is 2.59 bits per heavy atom. The maximum absolute atomic E-state index is 15.5. The van der Waals surface area contributed by atoms with Crippen LogP contribution in [0.15, 0.2) is 50.6 Å². The summed E-state index contributed by atoms with van der Waals surface area (Å²) in [6.45, 7) is 5.05. The molecule has 0 bridgehead atoms. The van der Waals surface area contributed by atoms with Crippen LogP contribution in [0.5, 0.6) is 5.75 Å². The molecule has 2 heterocycles. The number of carbonyl (C=O) groups excluding carboxylic acids is 1. The van der Waals surface area contributed by atoms with Crippen molar-refractivity contribution in [1.29, 1.82) is 0 Å². The highest BCUT2D eigenvalue weighted by molar-refractivity contribution is 9.10. The first-order chi connectivity index (χ1) is 17.2. The van der Waals surface area contributed by atoms with E-state index in [9.17, 15) is 24.1 Å². The fourth-order valence-electron chi connectivity index (χ4n) is 3.49. The number of esters is 1. The van der Waals surface area contributed by atoms with Crippen LogP contribution in [0.3, 0.4) is 0 Å². The second-order valence-electron chi connectivity index (χ2n) is 8.80. The maximum Gasteiger partial charge on any atom is 0.459 e. The number of nitrogens with one attached hydrogen (secondary N) is 2. The van der Waals surface area contributed by atoms with Gasteiger partial charge in [-0.25, -0.2) is 13.8 Å². The summed E-state index contributed by atoms with van der Waals surface area (Å²) in [6, 6.07) is 6.84. The lowest BCUT2D eigenvalue weighted by Gasteiger charge is -2.25. The van der Waals surface area contributed by atoms with Crippen LogP contribution in [0.4, 0.5) is 4.39 Å². The number of hydrogen-bond donors (Lipinski definition) is 3. The Balaban J connectivity index is 1.82. The third-order valence-electron chi connectivity index (χ3n) is 5.33. The van der Waals surface area contributed by atoms with Gasteiger partial charge in [-0.05, 0) is 55.8 Å². The Hall–Kier alpha value is -2.35. The summed E-state index contributed by atoms with van der Waals surface area (Å²) in [5, 5.41) is 13.1. The molecule has 3 N–H and O–H groups in total. The smallest absolute Gasteiger partial charge is 0.459 e. The summed E-state index contributed by atoms with van der Waals surface area (Å²) in [5.74, 6) is -0.569. The summed E-state index contributed by atoms with van der Waals surface area (Å²) in [7, 11) is -4.32. The molecule has 37 heavy (non-hydrogen) atoms. The van der Waals surface area contributed by atoms with Crippen LogP contribution >= 0.6 is 23.7 Å². The summed E-state index contributed by atoms with van der Waals surface area (Å²) in [6.07, 6.45) is -4.29. The fourth-order valence-corrected chi connectivity index (χ4v) is 5.31. The van der Waals surface area contributed by atoms with E-state index in [0.29, 0.717) is 0 Å². The van der Waals surface area contributed by atoms with Gasteiger partial charge >= 0.3 is 19.4 Å². The van der Waals surface area contributed by atoms with Crippen molar-refractivity contribution in [1.82, 2.24) is 14.6 Å². The molecule has 0 radical (unpaired) electrons. The third kappa shape index (κ3) is 6.95. The van der Waals surface area contributed by atoms with Gasteiger partial charge in [-0.15, -0.1) is 0 Å². The largest absolute Gasteiger partial charge is 0.462 e. The average Bonchev–Trinajstić information content (AvgIpc) is 3.03. The quantitative estimate of drug-likeness (QED) is 0.270. The molecular formula is C22H28BrFN3O9P. The van der Waals surface area contributed by atoms with Crippen molar-refractivity contribution in [3.8, 4) is 5.75 Å². The first-order valence-corrected chi connectivity index (χ1v) is 13.6. The van der Waals surface area contributed by atoms with Crippen molar-refractivity contribution in [2.45, 2.75) is 63.9 Å². The van der Waals surface area contributed by atoms with E-state index in [0.717, 1.165) is 17.7 Å². The first-order valence-electron chi connectivity index (χ1n) is 11.2. The molecule has 12 nitrogen and oxygen atoms in total. The van der Waals surface area contributed by atoms with Gasteiger partial charge in [0.25, 0.3) is 5.56 Å². The van der Waals surface area contributed by atoms with Crippen LogP contribution in [0.2, 0.25) is 0 Å². The van der Waals surface area contributed by atoms with E-state index < -0.39 is 67.8 Å². The molecule has 0 saturated carbocycles. The molecule has 0 unspecified atom stereocenters. The number of halogens is 2. The predicted molar refractivity (Wildman–Crippen MR) is 133 cm³/mol. The Morgan fingerprint density at radius 2 is 1.97 bits per heavy atom. The van der Waals surface area contributed by atoms with Gasteiger partial charge < -0.3 is 19.1 Å². The standard InChI is InChI=1S/C22H28BrFN3O9P/c1-12(2)34-19(30)13(3)26-37(32,36-14-8-6-5-7-9-14)33-11-16-17(28)22(4,24)20(35-16)27-10-15(23)18(29)25-21(27)31/h5-10,12-13,16-17,20,28H,11H2,1-4H3,(H,26,32)(H,25,29,31)/t13-,16-,17-,20-,22-,37+/m1/s1. The highest BCUT2D eigenvalue weighted by Gasteiger charge is 2.56. The van der Waals surface area contributed by atoms with Gasteiger partial charge in [0, 0.05) is 6.20 Å². The second kappa shape index (κ2) is 11.6. The lowest BCUT2D eigenvalue weighted by atomic mass is 9.98. The molecule has 1 aliphatic heterocycles. The van der Waals surface area contributed by atoms with Crippen LogP contribution in [0.25, 0.3) is 0 Å². The number of para-hydroxylation sites is 1. The van der Waals surface area contributed by atoms with E-state index in [1.807, 2.05) is 4.98 Å². The highest BCUT2D eigenvalue weighted by Crippen LogP contribution is 2.47. The zero-order valence-corrected chi connectivity index (χ0v) is 22.9.